The third-order valence-corrected chi connectivity index (χ3v) is 3.94. The third-order valence-electron chi connectivity index (χ3n) is 3.45. The van der Waals surface area contributed by atoms with Crippen LogP contribution in [-0.4, -0.2) is 23.9 Å². The maximum Gasteiger partial charge on any atom is 0.0580 e. The van der Waals surface area contributed by atoms with Gasteiger partial charge in [-0.3, -0.25) is 0 Å². The van der Waals surface area contributed by atoms with Gasteiger partial charge in [-0.1, -0.05) is 28.1 Å². The normalized spacial score (nSPS) is 21.1. The fourth-order valence-electron chi connectivity index (χ4n) is 2.49. The monoisotopic (exact) mass is 312 g/mol. The molecule has 2 atom stereocenters. The van der Waals surface area contributed by atoms with Crippen LogP contribution in [0, 0.1) is 0 Å². The molecule has 1 aliphatic rings. The molecular formula is C15H21BrO2. The molecule has 2 unspecified atom stereocenters. The van der Waals surface area contributed by atoms with E-state index in [-0.39, 0.29) is 6.10 Å². The molecule has 0 spiro atoms. The van der Waals surface area contributed by atoms with Crippen molar-refractivity contribution in [2.24, 2.45) is 0 Å². The Morgan fingerprint density at radius 3 is 3.06 bits per heavy atom. The summed E-state index contributed by atoms with van der Waals surface area (Å²) in [5.41, 5.74) is 1.19. The first kappa shape index (κ1) is 14.0. The van der Waals surface area contributed by atoms with Gasteiger partial charge in [-0.2, -0.15) is 0 Å². The van der Waals surface area contributed by atoms with Gasteiger partial charge in [0.25, 0.3) is 0 Å². The van der Waals surface area contributed by atoms with Crippen LogP contribution in [0.1, 0.15) is 37.7 Å². The molecule has 18 heavy (non-hydrogen) atoms. The number of hydrogen-bond acceptors (Lipinski definition) is 2. The van der Waals surface area contributed by atoms with Crippen molar-refractivity contribution in [1.29, 1.82) is 0 Å². The van der Waals surface area contributed by atoms with Crippen molar-refractivity contribution >= 4 is 15.9 Å². The lowest BCUT2D eigenvalue weighted by molar-refractivity contribution is 0.0945. The van der Waals surface area contributed by atoms with Crippen molar-refractivity contribution < 1.29 is 9.84 Å². The molecule has 1 N–H and O–H groups in total. The molecule has 0 bridgehead atoms. The number of halogens is 1. The minimum absolute atomic E-state index is 0.235. The number of hydrogen-bond donors (Lipinski definition) is 1. The van der Waals surface area contributed by atoms with E-state index in [1.165, 1.54) is 18.4 Å². The van der Waals surface area contributed by atoms with Crippen LogP contribution in [0.25, 0.3) is 0 Å². The summed E-state index contributed by atoms with van der Waals surface area (Å²) in [6.45, 7) is 0.922. The lowest BCUT2D eigenvalue weighted by atomic mass is 10.0. The van der Waals surface area contributed by atoms with E-state index in [9.17, 15) is 5.11 Å². The first-order chi connectivity index (χ1) is 8.74. The fourth-order valence-corrected chi connectivity index (χ4v) is 2.94. The van der Waals surface area contributed by atoms with E-state index < -0.39 is 0 Å². The van der Waals surface area contributed by atoms with Crippen LogP contribution in [0.2, 0.25) is 0 Å². The Kier molecular flexibility index (Phi) is 5.67. The predicted molar refractivity (Wildman–Crippen MR) is 76.7 cm³/mol. The van der Waals surface area contributed by atoms with E-state index in [2.05, 4.69) is 28.1 Å². The van der Waals surface area contributed by atoms with Crippen LogP contribution in [0.4, 0.5) is 0 Å². The van der Waals surface area contributed by atoms with Crippen LogP contribution in [0.5, 0.6) is 0 Å². The van der Waals surface area contributed by atoms with Crippen molar-refractivity contribution in [2.75, 3.05) is 6.61 Å². The number of aliphatic hydroxyl groups is 1. The quantitative estimate of drug-likeness (QED) is 0.868. The van der Waals surface area contributed by atoms with Gasteiger partial charge in [-0.15, -0.1) is 0 Å². The molecule has 3 heteroatoms. The largest absolute Gasteiger partial charge is 0.393 e. The van der Waals surface area contributed by atoms with Gasteiger partial charge in [0, 0.05) is 11.1 Å². The number of ether oxygens (including phenoxy) is 1. The average molecular weight is 313 g/mol. The van der Waals surface area contributed by atoms with Crippen LogP contribution in [0.15, 0.2) is 28.7 Å². The van der Waals surface area contributed by atoms with Gasteiger partial charge in [-0.05, 0) is 56.2 Å². The van der Waals surface area contributed by atoms with E-state index in [1.54, 1.807) is 0 Å². The Bertz CT molecular complexity index is 361. The zero-order valence-corrected chi connectivity index (χ0v) is 12.2. The Balaban J connectivity index is 1.66. The highest BCUT2D eigenvalue weighted by molar-refractivity contribution is 9.10. The summed E-state index contributed by atoms with van der Waals surface area (Å²) in [4.78, 5) is 0. The zero-order chi connectivity index (χ0) is 12.8. The molecule has 2 nitrogen and oxygen atoms in total. The smallest absolute Gasteiger partial charge is 0.0580 e. The van der Waals surface area contributed by atoms with E-state index in [0.29, 0.717) is 6.10 Å². The predicted octanol–water partition coefficient (Wildman–Crippen LogP) is 3.70. The number of aliphatic hydroxyl groups excluding tert-OH is 1. The summed E-state index contributed by atoms with van der Waals surface area (Å²) < 4.78 is 6.66. The summed E-state index contributed by atoms with van der Waals surface area (Å²) >= 11 is 3.45. The van der Waals surface area contributed by atoms with Crippen molar-refractivity contribution in [1.82, 2.24) is 0 Å². The number of rotatable bonds is 6. The molecule has 1 aromatic carbocycles. The summed E-state index contributed by atoms with van der Waals surface area (Å²) in [7, 11) is 0. The molecule has 0 amide bonds. The van der Waals surface area contributed by atoms with E-state index in [0.717, 1.165) is 36.8 Å². The Labute approximate surface area is 117 Å². The van der Waals surface area contributed by atoms with Crippen molar-refractivity contribution in [3.63, 3.8) is 0 Å². The fraction of sp³-hybridized carbons (Fsp3) is 0.600. The zero-order valence-electron chi connectivity index (χ0n) is 10.6. The molecule has 1 heterocycles. The first-order valence-corrected chi connectivity index (χ1v) is 7.57. The molecule has 0 radical (unpaired) electrons. The Morgan fingerprint density at radius 2 is 2.33 bits per heavy atom. The van der Waals surface area contributed by atoms with Gasteiger partial charge in [0.05, 0.1) is 12.2 Å². The SMILES string of the molecule is OC(CCCC1CCCO1)Cc1cccc(Br)c1. The highest BCUT2D eigenvalue weighted by Gasteiger charge is 2.15. The van der Waals surface area contributed by atoms with Crippen LogP contribution < -0.4 is 0 Å². The van der Waals surface area contributed by atoms with E-state index in [1.807, 2.05) is 12.1 Å². The van der Waals surface area contributed by atoms with Crippen molar-refractivity contribution in [3.05, 3.63) is 34.3 Å². The van der Waals surface area contributed by atoms with Crippen molar-refractivity contribution in [2.45, 2.75) is 50.7 Å². The second-order valence-electron chi connectivity index (χ2n) is 5.05. The highest BCUT2D eigenvalue weighted by atomic mass is 79.9. The Hall–Kier alpha value is -0.380. The molecule has 1 aromatic rings. The lowest BCUT2D eigenvalue weighted by Crippen LogP contribution is -2.12. The topological polar surface area (TPSA) is 29.5 Å². The van der Waals surface area contributed by atoms with Gasteiger partial charge >= 0.3 is 0 Å². The molecule has 0 aromatic heterocycles. The summed E-state index contributed by atoms with van der Waals surface area (Å²) in [5, 5.41) is 10.0. The van der Waals surface area contributed by atoms with E-state index >= 15 is 0 Å². The van der Waals surface area contributed by atoms with Gasteiger partial charge in [0.2, 0.25) is 0 Å². The summed E-state index contributed by atoms with van der Waals surface area (Å²) in [5.74, 6) is 0. The third kappa shape index (κ3) is 4.71. The molecule has 1 fully saturated rings. The maximum atomic E-state index is 10.0. The minimum atomic E-state index is -0.235. The standard InChI is InChI=1S/C15H21BrO2/c16-13-5-1-4-12(10-13)11-14(17)6-2-7-15-8-3-9-18-15/h1,4-5,10,14-15,17H,2-3,6-9,11H2. The summed E-state index contributed by atoms with van der Waals surface area (Å²) in [6.07, 6.45) is 6.36. The van der Waals surface area contributed by atoms with Crippen LogP contribution in [0.3, 0.4) is 0 Å². The van der Waals surface area contributed by atoms with E-state index in [4.69, 9.17) is 4.74 Å². The molecule has 2 rings (SSSR count). The number of benzene rings is 1. The van der Waals surface area contributed by atoms with Gasteiger partial charge in [0.1, 0.15) is 0 Å². The minimum Gasteiger partial charge on any atom is -0.393 e. The first-order valence-electron chi connectivity index (χ1n) is 6.78. The molecule has 0 saturated carbocycles. The second kappa shape index (κ2) is 7.27. The lowest BCUT2D eigenvalue weighted by Gasteiger charge is -2.13. The van der Waals surface area contributed by atoms with Crippen LogP contribution >= 0.6 is 15.9 Å². The second-order valence-corrected chi connectivity index (χ2v) is 5.97. The molecule has 0 aliphatic carbocycles. The molecule has 1 aliphatic heterocycles. The molecular weight excluding hydrogens is 292 g/mol. The van der Waals surface area contributed by atoms with Crippen molar-refractivity contribution in [3.8, 4) is 0 Å². The molecule has 1 saturated heterocycles. The highest BCUT2D eigenvalue weighted by Crippen LogP contribution is 2.19. The average Bonchev–Trinajstić information content (AvgIpc) is 2.82. The maximum absolute atomic E-state index is 10.0. The van der Waals surface area contributed by atoms with Gasteiger partial charge in [-0.25, -0.2) is 0 Å². The Morgan fingerprint density at radius 1 is 1.44 bits per heavy atom. The van der Waals surface area contributed by atoms with Gasteiger partial charge in [0.15, 0.2) is 0 Å². The molecule has 100 valence electrons. The van der Waals surface area contributed by atoms with Gasteiger partial charge < -0.3 is 9.84 Å². The summed E-state index contributed by atoms with van der Waals surface area (Å²) in [6, 6.07) is 8.16. The van der Waals surface area contributed by atoms with Crippen LogP contribution in [-0.2, 0) is 11.2 Å².